The van der Waals surface area contributed by atoms with E-state index in [0.717, 1.165) is 33.6 Å². The van der Waals surface area contributed by atoms with E-state index in [4.69, 9.17) is 10.5 Å². The molecule has 0 atom stereocenters. The van der Waals surface area contributed by atoms with Gasteiger partial charge in [-0.25, -0.2) is 0 Å². The molecule has 3 aromatic carbocycles. The Morgan fingerprint density at radius 3 is 1.94 bits per heavy atom. The van der Waals surface area contributed by atoms with E-state index in [0.29, 0.717) is 12.2 Å². The van der Waals surface area contributed by atoms with Crippen LogP contribution in [0.4, 0.5) is 0 Å². The number of hydrogen-bond donors (Lipinski definition) is 1. The molecule has 0 heterocycles. The van der Waals surface area contributed by atoms with Crippen molar-refractivity contribution in [3.05, 3.63) is 89.0 Å². The predicted molar refractivity (Wildman–Crippen MR) is 133 cm³/mol. The Bertz CT molecular complexity index is 1260. The summed E-state index contributed by atoms with van der Waals surface area (Å²) in [5.74, 6) is -0.294. The van der Waals surface area contributed by atoms with Crippen molar-refractivity contribution in [3.8, 4) is 16.9 Å². The third kappa shape index (κ3) is 5.52. The van der Waals surface area contributed by atoms with Crippen molar-refractivity contribution in [1.82, 2.24) is 0 Å². The fraction of sp³-hybridized carbons (Fsp3) is 0.259. The summed E-state index contributed by atoms with van der Waals surface area (Å²) in [6.07, 6.45) is 0. The van der Waals surface area contributed by atoms with Crippen LogP contribution in [-0.4, -0.2) is 19.2 Å². The molecule has 5 nitrogen and oxygen atoms in total. The quantitative estimate of drug-likeness (QED) is 0.373. The van der Waals surface area contributed by atoms with Gasteiger partial charge in [0.15, 0.2) is 4.86 Å². The molecule has 3 rings (SSSR count). The largest absolute Gasteiger partial charge is 0.488 e. The van der Waals surface area contributed by atoms with E-state index >= 15 is 0 Å². The number of para-hydroxylation sites is 1. The molecule has 0 saturated carbocycles. The molecule has 3 aromatic rings. The summed E-state index contributed by atoms with van der Waals surface area (Å²) < 4.78 is 30.1. The van der Waals surface area contributed by atoms with Crippen molar-refractivity contribution in [2.45, 2.75) is 46.1 Å². The molecule has 0 saturated heterocycles. The van der Waals surface area contributed by atoms with Crippen molar-refractivity contribution in [3.63, 3.8) is 0 Å². The van der Waals surface area contributed by atoms with Gasteiger partial charge in [0.05, 0.1) is 0 Å². The van der Waals surface area contributed by atoms with E-state index in [1.807, 2.05) is 94.4 Å². The van der Waals surface area contributed by atoms with Gasteiger partial charge in [0, 0.05) is 11.1 Å². The van der Waals surface area contributed by atoms with E-state index in [1.165, 1.54) is 0 Å². The summed E-state index contributed by atoms with van der Waals surface area (Å²) in [7, 11) is -2.75. The van der Waals surface area contributed by atoms with Crippen molar-refractivity contribution >= 4 is 21.1 Å². The van der Waals surface area contributed by atoms with Crippen LogP contribution in [0.2, 0.25) is 0 Å². The highest BCUT2D eigenvalue weighted by molar-refractivity contribution is 7.75. The average molecular weight is 464 g/mol. The highest BCUT2D eigenvalue weighted by Crippen LogP contribution is 2.37. The maximum Gasteiger partial charge on any atom is 0.265 e. The number of amides is 1. The van der Waals surface area contributed by atoms with Gasteiger partial charge in [0.25, 0.3) is 5.91 Å². The highest BCUT2D eigenvalue weighted by atomic mass is 32.2. The second-order valence-corrected chi connectivity index (χ2v) is 9.42. The second kappa shape index (κ2) is 10.5. The molecule has 2 N–H and O–H groups in total. The number of carbonyl (C=O) groups is 1. The number of primary amides is 1. The number of hydrogen-bond acceptors (Lipinski definition) is 4. The Balaban J connectivity index is 2.20. The molecule has 1 amide bonds. The zero-order valence-corrected chi connectivity index (χ0v) is 20.1. The first-order chi connectivity index (χ1) is 15.7. The summed E-state index contributed by atoms with van der Waals surface area (Å²) in [6, 6.07) is 21.6. The molecule has 172 valence electrons. The lowest BCUT2D eigenvalue weighted by atomic mass is 9.83. The van der Waals surface area contributed by atoms with E-state index in [2.05, 4.69) is 0 Å². The molecular formula is C27H29NO4S. The van der Waals surface area contributed by atoms with Crippen LogP contribution in [-0.2, 0) is 21.7 Å². The lowest BCUT2D eigenvalue weighted by molar-refractivity contribution is -0.111. The summed E-state index contributed by atoms with van der Waals surface area (Å²) in [5.41, 5.74) is 10.3. The van der Waals surface area contributed by atoms with Crippen LogP contribution in [0.25, 0.3) is 11.1 Å². The molecule has 33 heavy (non-hydrogen) atoms. The Morgan fingerprint density at radius 2 is 1.42 bits per heavy atom. The fourth-order valence-corrected chi connectivity index (χ4v) is 4.44. The molecule has 0 unspecified atom stereocenters. The predicted octanol–water partition coefficient (Wildman–Crippen LogP) is 5.06. The van der Waals surface area contributed by atoms with Gasteiger partial charge in [0.1, 0.15) is 12.4 Å². The van der Waals surface area contributed by atoms with Crippen molar-refractivity contribution in [1.29, 1.82) is 0 Å². The minimum Gasteiger partial charge on any atom is -0.488 e. The molecule has 0 aromatic heterocycles. The van der Waals surface area contributed by atoms with Gasteiger partial charge in [0.2, 0.25) is 10.3 Å². The molecule has 0 fully saturated rings. The van der Waals surface area contributed by atoms with Crippen LogP contribution in [0, 0.1) is 0 Å². The third-order valence-electron chi connectivity index (χ3n) is 5.50. The first-order valence-corrected chi connectivity index (χ1v) is 12.0. The van der Waals surface area contributed by atoms with Crippen LogP contribution < -0.4 is 10.5 Å². The van der Waals surface area contributed by atoms with Crippen molar-refractivity contribution in [2.75, 3.05) is 0 Å². The number of benzene rings is 3. The summed E-state index contributed by atoms with van der Waals surface area (Å²) in [6.45, 7) is 8.31. The molecule has 0 aliphatic heterocycles. The lowest BCUT2D eigenvalue weighted by Gasteiger charge is -2.22. The molecule has 0 spiro atoms. The number of rotatable bonds is 8. The zero-order chi connectivity index (χ0) is 24.1. The Hall–Kier alpha value is -3.38. The summed E-state index contributed by atoms with van der Waals surface area (Å²) >= 11 is 0. The Kier molecular flexibility index (Phi) is 7.71. The van der Waals surface area contributed by atoms with E-state index in [-0.39, 0.29) is 16.7 Å². The zero-order valence-electron chi connectivity index (χ0n) is 19.3. The van der Waals surface area contributed by atoms with Gasteiger partial charge in [-0.15, -0.1) is 0 Å². The molecular weight excluding hydrogens is 434 g/mol. The van der Waals surface area contributed by atoms with Gasteiger partial charge < -0.3 is 10.5 Å². The Labute approximate surface area is 196 Å². The monoisotopic (exact) mass is 463 g/mol. The second-order valence-electron chi connectivity index (χ2n) is 8.54. The maximum absolute atomic E-state index is 12.1. The SMILES string of the molecule is CC(C)c1cc(-c2ccccc2OCc2ccccc2)cc(C(C)C)c1C(C(N)=O)=S(=O)=O. The third-order valence-corrected chi connectivity index (χ3v) is 6.23. The van der Waals surface area contributed by atoms with E-state index < -0.39 is 16.2 Å². The van der Waals surface area contributed by atoms with Crippen LogP contribution in [0.1, 0.15) is 61.8 Å². The molecule has 0 aliphatic carbocycles. The summed E-state index contributed by atoms with van der Waals surface area (Å²) in [4.78, 5) is 11.7. The lowest BCUT2D eigenvalue weighted by Crippen LogP contribution is -2.28. The number of nitrogens with two attached hydrogens (primary N) is 1. The van der Waals surface area contributed by atoms with Crippen LogP contribution in [0.3, 0.4) is 0 Å². The fourth-order valence-electron chi connectivity index (χ4n) is 3.87. The first kappa shape index (κ1) is 24.3. The van der Waals surface area contributed by atoms with Gasteiger partial charge in [-0.3, -0.25) is 4.79 Å². The van der Waals surface area contributed by atoms with Gasteiger partial charge in [-0.05, 0) is 40.2 Å². The smallest absolute Gasteiger partial charge is 0.265 e. The summed E-state index contributed by atoms with van der Waals surface area (Å²) in [5, 5.41) is 0. The minimum absolute atomic E-state index is 0.0345. The van der Waals surface area contributed by atoms with Crippen LogP contribution in [0.5, 0.6) is 5.75 Å². The average Bonchev–Trinajstić information content (AvgIpc) is 2.78. The first-order valence-electron chi connectivity index (χ1n) is 10.9. The Morgan fingerprint density at radius 1 is 0.879 bits per heavy atom. The molecule has 0 bridgehead atoms. The van der Waals surface area contributed by atoms with Crippen LogP contribution in [0.15, 0.2) is 66.7 Å². The van der Waals surface area contributed by atoms with Gasteiger partial charge in [-0.1, -0.05) is 88.4 Å². The molecule has 6 heteroatoms. The number of carbonyl (C=O) groups excluding carboxylic acids is 1. The van der Waals surface area contributed by atoms with Crippen molar-refractivity contribution < 1.29 is 17.9 Å². The number of ether oxygens (including phenoxy) is 1. The highest BCUT2D eigenvalue weighted by Gasteiger charge is 2.25. The minimum atomic E-state index is -2.75. The van der Waals surface area contributed by atoms with Crippen LogP contribution >= 0.6 is 0 Å². The molecule has 0 aliphatic rings. The van der Waals surface area contributed by atoms with Crippen molar-refractivity contribution in [2.24, 2.45) is 5.73 Å². The van der Waals surface area contributed by atoms with Gasteiger partial charge >= 0.3 is 0 Å². The maximum atomic E-state index is 12.1. The standard InChI is InChI=1S/C27H29NO4S/c1-17(2)22-14-20(15-23(18(3)4)25(22)26(27(28)29)33(30)31)21-12-8-9-13-24(21)32-16-19-10-6-5-7-11-19/h5-15,17-18H,16H2,1-4H3,(H2,28,29). The van der Waals surface area contributed by atoms with E-state index in [1.54, 1.807) is 0 Å². The molecule has 0 radical (unpaired) electrons. The van der Waals surface area contributed by atoms with Gasteiger partial charge in [-0.2, -0.15) is 8.42 Å². The normalized spacial score (nSPS) is 11.0. The van der Waals surface area contributed by atoms with E-state index in [9.17, 15) is 13.2 Å². The topological polar surface area (TPSA) is 86.5 Å².